The molecule has 2 heterocycles. The van der Waals surface area contributed by atoms with Gasteiger partial charge in [0.15, 0.2) is 5.69 Å². The summed E-state index contributed by atoms with van der Waals surface area (Å²) >= 11 is 7.35. The zero-order valence-corrected chi connectivity index (χ0v) is 12.4. The van der Waals surface area contributed by atoms with Crippen LogP contribution in [0.1, 0.15) is 21.7 Å². The Balaban J connectivity index is 1.99. The van der Waals surface area contributed by atoms with Gasteiger partial charge in [0.2, 0.25) is 4.96 Å². The third-order valence-electron chi connectivity index (χ3n) is 2.98. The van der Waals surface area contributed by atoms with Gasteiger partial charge in [-0.2, -0.15) is 9.61 Å². The molecule has 0 saturated carbocycles. The minimum Gasteiger partial charge on any atom is -0.320 e. The average molecular weight is 307 g/mol. The van der Waals surface area contributed by atoms with Crippen LogP contribution in [-0.4, -0.2) is 20.5 Å². The lowest BCUT2D eigenvalue weighted by Gasteiger charge is -2.08. The van der Waals surface area contributed by atoms with Crippen LogP contribution in [0.5, 0.6) is 0 Å². The van der Waals surface area contributed by atoms with Crippen molar-refractivity contribution >= 4 is 39.5 Å². The van der Waals surface area contributed by atoms with Crippen LogP contribution in [-0.2, 0) is 0 Å². The molecule has 102 valence electrons. The van der Waals surface area contributed by atoms with Crippen molar-refractivity contribution in [2.75, 3.05) is 5.32 Å². The highest BCUT2D eigenvalue weighted by Crippen LogP contribution is 2.22. The van der Waals surface area contributed by atoms with Crippen molar-refractivity contribution < 1.29 is 4.79 Å². The summed E-state index contributed by atoms with van der Waals surface area (Å²) in [5.74, 6) is -0.244. The van der Waals surface area contributed by atoms with E-state index in [-0.39, 0.29) is 5.91 Å². The highest BCUT2D eigenvalue weighted by Gasteiger charge is 2.19. The van der Waals surface area contributed by atoms with Gasteiger partial charge in [-0.3, -0.25) is 4.79 Å². The van der Waals surface area contributed by atoms with Crippen molar-refractivity contribution in [3.8, 4) is 0 Å². The van der Waals surface area contributed by atoms with E-state index in [0.29, 0.717) is 27.1 Å². The third kappa shape index (κ3) is 2.17. The highest BCUT2D eigenvalue weighted by molar-refractivity contribution is 7.14. The maximum atomic E-state index is 12.4. The minimum atomic E-state index is -0.244. The zero-order chi connectivity index (χ0) is 14.3. The van der Waals surface area contributed by atoms with E-state index in [4.69, 9.17) is 11.6 Å². The van der Waals surface area contributed by atoms with Gasteiger partial charge in [0.25, 0.3) is 5.91 Å². The molecule has 0 aliphatic carbocycles. The molecule has 5 nitrogen and oxygen atoms in total. The first-order valence-electron chi connectivity index (χ1n) is 5.92. The Morgan fingerprint density at radius 1 is 1.40 bits per heavy atom. The Labute approximate surface area is 124 Å². The summed E-state index contributed by atoms with van der Waals surface area (Å²) in [6.45, 7) is 3.70. The number of amides is 1. The van der Waals surface area contributed by atoms with E-state index in [0.717, 1.165) is 5.56 Å². The number of rotatable bonds is 2. The van der Waals surface area contributed by atoms with Crippen molar-refractivity contribution in [2.24, 2.45) is 0 Å². The van der Waals surface area contributed by atoms with Crippen LogP contribution >= 0.6 is 22.9 Å². The fourth-order valence-electron chi connectivity index (χ4n) is 1.96. The van der Waals surface area contributed by atoms with Crippen molar-refractivity contribution in [2.45, 2.75) is 13.8 Å². The topological polar surface area (TPSA) is 59.3 Å². The van der Waals surface area contributed by atoms with Crippen molar-refractivity contribution in [3.05, 3.63) is 45.7 Å². The smallest absolute Gasteiger partial charge is 0.276 e. The Morgan fingerprint density at radius 3 is 3.00 bits per heavy atom. The maximum Gasteiger partial charge on any atom is 0.276 e. The number of fused-ring (bicyclic) bond motifs is 1. The highest BCUT2D eigenvalue weighted by atomic mass is 35.5. The van der Waals surface area contributed by atoms with Gasteiger partial charge < -0.3 is 5.32 Å². The van der Waals surface area contributed by atoms with Gasteiger partial charge in [-0.1, -0.05) is 29.0 Å². The summed E-state index contributed by atoms with van der Waals surface area (Å²) in [5.41, 5.74) is 4.39. The molecule has 0 unspecified atom stereocenters. The van der Waals surface area contributed by atoms with Gasteiger partial charge in [0.1, 0.15) is 5.51 Å². The number of hydrogen-bond donors (Lipinski definition) is 1. The van der Waals surface area contributed by atoms with Gasteiger partial charge in [0, 0.05) is 10.7 Å². The molecule has 0 atom stereocenters. The Hall–Kier alpha value is -1.92. The average Bonchev–Trinajstić information content (AvgIpc) is 2.93. The normalized spacial score (nSPS) is 10.9. The minimum absolute atomic E-state index is 0.244. The quantitative estimate of drug-likeness (QED) is 0.790. The molecular formula is C13H11ClN4OS. The van der Waals surface area contributed by atoms with Crippen LogP contribution in [0.2, 0.25) is 5.02 Å². The summed E-state index contributed by atoms with van der Waals surface area (Å²) in [6, 6.07) is 5.37. The van der Waals surface area contributed by atoms with E-state index in [1.165, 1.54) is 11.3 Å². The fraction of sp³-hybridized carbons (Fsp3) is 0.154. The molecule has 0 bridgehead atoms. The molecule has 0 spiro atoms. The number of imidazole rings is 1. The molecular weight excluding hydrogens is 296 g/mol. The Morgan fingerprint density at radius 2 is 2.20 bits per heavy atom. The second kappa shape index (κ2) is 4.88. The monoisotopic (exact) mass is 306 g/mol. The molecule has 20 heavy (non-hydrogen) atoms. The fourth-order valence-corrected chi connectivity index (χ4v) is 2.80. The molecule has 0 aliphatic heterocycles. The van der Waals surface area contributed by atoms with E-state index in [9.17, 15) is 4.79 Å². The standard InChI is InChI=1S/C13H11ClN4OS/c1-7-3-4-9(14)5-10(7)17-12(19)11-8(2)16-13-18(11)15-6-20-13/h3-6H,1-2H3,(H,17,19). The molecule has 0 radical (unpaired) electrons. The van der Waals surface area contributed by atoms with Gasteiger partial charge in [-0.15, -0.1) is 0 Å². The van der Waals surface area contributed by atoms with Crippen LogP contribution in [0.25, 0.3) is 4.96 Å². The summed E-state index contributed by atoms with van der Waals surface area (Å²) in [7, 11) is 0. The number of carbonyl (C=O) groups excluding carboxylic acids is 1. The first kappa shape index (κ1) is 13.1. The SMILES string of the molecule is Cc1ccc(Cl)cc1NC(=O)c1c(C)nc2scnn12. The number of nitrogens with one attached hydrogen (secondary N) is 1. The molecule has 1 amide bonds. The van der Waals surface area contributed by atoms with Crippen molar-refractivity contribution in [1.29, 1.82) is 0 Å². The summed E-state index contributed by atoms with van der Waals surface area (Å²) in [6.07, 6.45) is 0. The number of nitrogens with zero attached hydrogens (tertiary/aromatic N) is 3. The van der Waals surface area contributed by atoms with E-state index in [2.05, 4.69) is 15.4 Å². The lowest BCUT2D eigenvalue weighted by atomic mass is 10.2. The van der Waals surface area contributed by atoms with Crippen LogP contribution in [0.15, 0.2) is 23.7 Å². The first-order valence-corrected chi connectivity index (χ1v) is 7.18. The van der Waals surface area contributed by atoms with E-state index < -0.39 is 0 Å². The Kier molecular flexibility index (Phi) is 3.19. The van der Waals surface area contributed by atoms with E-state index in [1.54, 1.807) is 29.1 Å². The summed E-state index contributed by atoms with van der Waals surface area (Å²) in [5, 5.41) is 7.56. The molecule has 2 aromatic heterocycles. The number of hydrogen-bond acceptors (Lipinski definition) is 4. The summed E-state index contributed by atoms with van der Waals surface area (Å²) in [4.78, 5) is 17.4. The van der Waals surface area contributed by atoms with Crippen molar-refractivity contribution in [1.82, 2.24) is 14.6 Å². The molecule has 0 saturated heterocycles. The predicted molar refractivity (Wildman–Crippen MR) is 79.7 cm³/mol. The van der Waals surface area contributed by atoms with Crippen LogP contribution in [0.3, 0.4) is 0 Å². The molecule has 3 aromatic rings. The second-order valence-electron chi connectivity index (χ2n) is 4.39. The van der Waals surface area contributed by atoms with Crippen LogP contribution in [0, 0.1) is 13.8 Å². The van der Waals surface area contributed by atoms with E-state index in [1.807, 2.05) is 13.0 Å². The molecule has 7 heteroatoms. The number of halogens is 1. The van der Waals surface area contributed by atoms with Gasteiger partial charge in [-0.05, 0) is 31.5 Å². The summed E-state index contributed by atoms with van der Waals surface area (Å²) < 4.78 is 1.55. The maximum absolute atomic E-state index is 12.4. The van der Waals surface area contributed by atoms with Gasteiger partial charge >= 0.3 is 0 Å². The number of benzene rings is 1. The van der Waals surface area contributed by atoms with Crippen molar-refractivity contribution in [3.63, 3.8) is 0 Å². The molecule has 0 aliphatic rings. The molecule has 0 fully saturated rings. The zero-order valence-electron chi connectivity index (χ0n) is 10.8. The Bertz CT molecular complexity index is 808. The van der Waals surface area contributed by atoms with Crippen LogP contribution in [0.4, 0.5) is 5.69 Å². The lowest BCUT2D eigenvalue weighted by Crippen LogP contribution is -2.16. The lowest BCUT2D eigenvalue weighted by molar-refractivity contribution is 0.101. The largest absolute Gasteiger partial charge is 0.320 e. The van der Waals surface area contributed by atoms with Gasteiger partial charge in [0.05, 0.1) is 5.69 Å². The molecule has 1 N–H and O–H groups in total. The second-order valence-corrected chi connectivity index (χ2v) is 5.64. The number of aryl methyl sites for hydroxylation is 2. The number of anilines is 1. The first-order chi connectivity index (χ1) is 9.56. The van der Waals surface area contributed by atoms with Gasteiger partial charge in [-0.25, -0.2) is 4.98 Å². The molecule has 1 aromatic carbocycles. The number of carbonyl (C=O) groups is 1. The third-order valence-corrected chi connectivity index (χ3v) is 3.89. The number of aromatic nitrogens is 3. The van der Waals surface area contributed by atoms with Crippen LogP contribution < -0.4 is 5.32 Å². The predicted octanol–water partition coefficient (Wildman–Crippen LogP) is 3.31. The molecule has 3 rings (SSSR count). The van der Waals surface area contributed by atoms with E-state index >= 15 is 0 Å².